The number of benzene rings is 1. The molecule has 0 amide bonds. The van der Waals surface area contributed by atoms with Crippen LogP contribution in [0, 0.1) is 5.82 Å². The van der Waals surface area contributed by atoms with Crippen LogP contribution in [0.4, 0.5) is 18.9 Å². The molecule has 0 spiro atoms. The number of halogens is 3. The van der Waals surface area contributed by atoms with E-state index in [0.29, 0.717) is 18.7 Å². The van der Waals surface area contributed by atoms with Crippen LogP contribution in [0.1, 0.15) is 12.8 Å². The van der Waals surface area contributed by atoms with E-state index in [2.05, 4.69) is 0 Å². The molecule has 1 heterocycles. The van der Waals surface area contributed by atoms with Crippen molar-refractivity contribution in [3.05, 3.63) is 30.1 Å². The molecule has 4 heteroatoms. The van der Waals surface area contributed by atoms with Crippen LogP contribution in [0.2, 0.25) is 0 Å². The van der Waals surface area contributed by atoms with E-state index in [1.807, 2.05) is 0 Å². The standard InChI is InChI=1S/C11H12F3N/c12-9-2-4-10(5-3-9)15-7-1-6-11(13,14)8-15/h2-5H,1,6-8H2. The van der Waals surface area contributed by atoms with Crippen molar-refractivity contribution in [3.63, 3.8) is 0 Å². The van der Waals surface area contributed by atoms with Crippen molar-refractivity contribution >= 4 is 5.69 Å². The molecule has 1 aromatic carbocycles. The maximum Gasteiger partial charge on any atom is 0.265 e. The summed E-state index contributed by atoms with van der Waals surface area (Å²) in [5.74, 6) is -2.96. The van der Waals surface area contributed by atoms with Gasteiger partial charge in [0.05, 0.1) is 6.54 Å². The fraction of sp³-hybridized carbons (Fsp3) is 0.455. The molecule has 0 aromatic heterocycles. The number of anilines is 1. The van der Waals surface area contributed by atoms with E-state index in [0.717, 1.165) is 0 Å². The Hall–Kier alpha value is -1.19. The third-order valence-electron chi connectivity index (χ3n) is 2.58. The van der Waals surface area contributed by atoms with E-state index in [1.165, 1.54) is 24.3 Å². The van der Waals surface area contributed by atoms with Crippen molar-refractivity contribution < 1.29 is 13.2 Å². The van der Waals surface area contributed by atoms with Gasteiger partial charge >= 0.3 is 0 Å². The molecule has 0 radical (unpaired) electrons. The van der Waals surface area contributed by atoms with E-state index in [-0.39, 0.29) is 18.8 Å². The second kappa shape index (κ2) is 3.76. The summed E-state index contributed by atoms with van der Waals surface area (Å²) in [5.41, 5.74) is 0.663. The summed E-state index contributed by atoms with van der Waals surface area (Å²) < 4.78 is 38.8. The third kappa shape index (κ3) is 2.43. The van der Waals surface area contributed by atoms with E-state index >= 15 is 0 Å². The summed E-state index contributed by atoms with van der Waals surface area (Å²) >= 11 is 0. The Balaban J connectivity index is 2.13. The van der Waals surface area contributed by atoms with Crippen molar-refractivity contribution in [3.8, 4) is 0 Å². The van der Waals surface area contributed by atoms with E-state index in [1.54, 1.807) is 4.90 Å². The molecule has 1 aliphatic rings. The molecule has 0 atom stereocenters. The lowest BCUT2D eigenvalue weighted by molar-refractivity contribution is -0.0116. The highest BCUT2D eigenvalue weighted by molar-refractivity contribution is 5.46. The van der Waals surface area contributed by atoms with Gasteiger partial charge in [0, 0.05) is 18.7 Å². The molecule has 0 bridgehead atoms. The van der Waals surface area contributed by atoms with Crippen molar-refractivity contribution in [2.24, 2.45) is 0 Å². The monoisotopic (exact) mass is 215 g/mol. The Morgan fingerprint density at radius 2 is 1.80 bits per heavy atom. The van der Waals surface area contributed by atoms with Gasteiger partial charge in [-0.15, -0.1) is 0 Å². The Morgan fingerprint density at radius 1 is 1.13 bits per heavy atom. The first-order chi connectivity index (χ1) is 7.07. The molecular weight excluding hydrogens is 203 g/mol. The minimum Gasteiger partial charge on any atom is -0.365 e. The fourth-order valence-electron chi connectivity index (χ4n) is 1.84. The summed E-state index contributed by atoms with van der Waals surface area (Å²) in [6.45, 7) is 0.347. The smallest absolute Gasteiger partial charge is 0.265 e. The highest BCUT2D eigenvalue weighted by Gasteiger charge is 2.35. The minimum absolute atomic E-state index is 0.0509. The Kier molecular flexibility index (Phi) is 2.59. The predicted octanol–water partition coefficient (Wildman–Crippen LogP) is 3.06. The topological polar surface area (TPSA) is 3.24 Å². The second-order valence-corrected chi connectivity index (χ2v) is 3.86. The molecular formula is C11H12F3N. The largest absolute Gasteiger partial charge is 0.365 e. The minimum atomic E-state index is -2.62. The molecule has 82 valence electrons. The molecule has 2 rings (SSSR count). The van der Waals surface area contributed by atoms with Gasteiger partial charge in [0.2, 0.25) is 0 Å². The average Bonchev–Trinajstić information content (AvgIpc) is 2.17. The molecule has 1 fully saturated rings. The summed E-state index contributed by atoms with van der Waals surface area (Å²) in [4.78, 5) is 1.60. The lowest BCUT2D eigenvalue weighted by Crippen LogP contribution is -2.42. The quantitative estimate of drug-likeness (QED) is 0.696. The van der Waals surface area contributed by atoms with Gasteiger partial charge < -0.3 is 4.90 Å². The summed E-state index contributed by atoms with van der Waals surface area (Å²) in [6, 6.07) is 5.66. The number of nitrogens with zero attached hydrogens (tertiary/aromatic N) is 1. The van der Waals surface area contributed by atoms with E-state index in [4.69, 9.17) is 0 Å². The molecule has 1 aromatic rings. The van der Waals surface area contributed by atoms with Crippen LogP contribution in [0.15, 0.2) is 24.3 Å². The van der Waals surface area contributed by atoms with Crippen molar-refractivity contribution in [1.82, 2.24) is 0 Å². The fourth-order valence-corrected chi connectivity index (χ4v) is 1.84. The van der Waals surface area contributed by atoms with E-state index in [9.17, 15) is 13.2 Å². The summed E-state index contributed by atoms with van der Waals surface area (Å²) in [5, 5.41) is 0. The number of hydrogen-bond acceptors (Lipinski definition) is 1. The van der Waals surface area contributed by atoms with Crippen LogP contribution in [0.5, 0.6) is 0 Å². The van der Waals surface area contributed by atoms with Gasteiger partial charge in [-0.25, -0.2) is 13.2 Å². The van der Waals surface area contributed by atoms with Gasteiger partial charge in [-0.1, -0.05) is 0 Å². The lowest BCUT2D eigenvalue weighted by atomic mass is 10.1. The highest BCUT2D eigenvalue weighted by atomic mass is 19.3. The Labute approximate surface area is 86.5 Å². The van der Waals surface area contributed by atoms with Crippen LogP contribution in [-0.4, -0.2) is 19.0 Å². The Morgan fingerprint density at radius 3 is 2.40 bits per heavy atom. The van der Waals surface area contributed by atoms with Gasteiger partial charge in [0.15, 0.2) is 0 Å². The van der Waals surface area contributed by atoms with Crippen molar-refractivity contribution in [2.75, 3.05) is 18.0 Å². The van der Waals surface area contributed by atoms with Gasteiger partial charge in [-0.05, 0) is 30.7 Å². The second-order valence-electron chi connectivity index (χ2n) is 3.86. The lowest BCUT2D eigenvalue weighted by Gasteiger charge is -2.34. The maximum atomic E-state index is 13.1. The maximum absolute atomic E-state index is 13.1. The molecule has 0 N–H and O–H groups in total. The van der Waals surface area contributed by atoms with Crippen LogP contribution in [-0.2, 0) is 0 Å². The predicted molar refractivity (Wildman–Crippen MR) is 52.8 cm³/mol. The Bertz CT molecular complexity index is 334. The van der Waals surface area contributed by atoms with Gasteiger partial charge in [0.25, 0.3) is 5.92 Å². The first kappa shape index (κ1) is 10.3. The molecule has 1 aliphatic heterocycles. The molecule has 15 heavy (non-hydrogen) atoms. The zero-order valence-corrected chi connectivity index (χ0v) is 8.22. The number of alkyl halides is 2. The molecule has 0 unspecified atom stereocenters. The van der Waals surface area contributed by atoms with Crippen molar-refractivity contribution in [1.29, 1.82) is 0 Å². The van der Waals surface area contributed by atoms with Gasteiger partial charge in [-0.3, -0.25) is 0 Å². The first-order valence-electron chi connectivity index (χ1n) is 4.95. The normalized spacial score (nSPS) is 20.3. The first-order valence-corrected chi connectivity index (χ1v) is 4.95. The number of hydrogen-bond donors (Lipinski definition) is 0. The van der Waals surface area contributed by atoms with Gasteiger partial charge in [-0.2, -0.15) is 0 Å². The van der Waals surface area contributed by atoms with E-state index < -0.39 is 5.92 Å². The van der Waals surface area contributed by atoms with Crippen LogP contribution >= 0.6 is 0 Å². The van der Waals surface area contributed by atoms with Crippen LogP contribution < -0.4 is 4.90 Å². The molecule has 0 saturated carbocycles. The zero-order chi connectivity index (χ0) is 10.9. The third-order valence-corrected chi connectivity index (χ3v) is 2.58. The average molecular weight is 215 g/mol. The van der Waals surface area contributed by atoms with Gasteiger partial charge in [0.1, 0.15) is 5.82 Å². The van der Waals surface area contributed by atoms with Crippen molar-refractivity contribution in [2.45, 2.75) is 18.8 Å². The zero-order valence-electron chi connectivity index (χ0n) is 8.22. The molecule has 1 saturated heterocycles. The number of rotatable bonds is 1. The summed E-state index contributed by atoms with van der Waals surface area (Å²) in [6.07, 6.45) is 0.426. The number of piperidine rings is 1. The van der Waals surface area contributed by atoms with Crippen LogP contribution in [0.3, 0.4) is 0 Å². The highest BCUT2D eigenvalue weighted by Crippen LogP contribution is 2.29. The molecule has 0 aliphatic carbocycles. The summed E-state index contributed by atoms with van der Waals surface area (Å²) in [7, 11) is 0. The van der Waals surface area contributed by atoms with Crippen LogP contribution in [0.25, 0.3) is 0 Å². The SMILES string of the molecule is Fc1ccc(N2CCCC(F)(F)C2)cc1. The molecule has 1 nitrogen and oxygen atoms in total.